The molecule has 0 amide bonds. The lowest BCUT2D eigenvalue weighted by atomic mass is 10.2. The summed E-state index contributed by atoms with van der Waals surface area (Å²) in [6.07, 6.45) is 0. The van der Waals surface area contributed by atoms with Crippen molar-refractivity contribution in [1.82, 2.24) is 5.32 Å². The average Bonchev–Trinajstić information content (AvgIpc) is 2.45. The van der Waals surface area contributed by atoms with Crippen LogP contribution in [0.4, 0.5) is 4.39 Å². The Bertz CT molecular complexity index is 584. The standard InChI is InChI=1S/C17H19ClFNO/c1-12(2)20-10-14-9-15(18)5-8-17(14)21-11-13-3-6-16(19)7-4-13/h3-9,12,20H,10-11H2,1-2H3. The molecule has 2 nitrogen and oxygen atoms in total. The van der Waals surface area contributed by atoms with Gasteiger partial charge in [-0.3, -0.25) is 0 Å². The molecule has 0 bridgehead atoms. The van der Waals surface area contributed by atoms with Gasteiger partial charge < -0.3 is 10.1 Å². The Balaban J connectivity index is 2.06. The van der Waals surface area contributed by atoms with Gasteiger partial charge in [0.05, 0.1) is 0 Å². The lowest BCUT2D eigenvalue weighted by Gasteiger charge is -2.14. The largest absolute Gasteiger partial charge is 0.489 e. The van der Waals surface area contributed by atoms with Crippen LogP contribution in [0.2, 0.25) is 5.02 Å². The van der Waals surface area contributed by atoms with Crippen LogP contribution in [0.1, 0.15) is 25.0 Å². The molecule has 0 atom stereocenters. The second-order valence-corrected chi connectivity index (χ2v) is 5.64. The summed E-state index contributed by atoms with van der Waals surface area (Å²) in [5.41, 5.74) is 1.94. The number of benzene rings is 2. The van der Waals surface area contributed by atoms with E-state index in [4.69, 9.17) is 16.3 Å². The Morgan fingerprint density at radius 1 is 1.14 bits per heavy atom. The second kappa shape index (κ2) is 7.43. The van der Waals surface area contributed by atoms with E-state index in [1.54, 1.807) is 18.2 Å². The van der Waals surface area contributed by atoms with Crippen LogP contribution in [-0.4, -0.2) is 6.04 Å². The molecule has 1 N–H and O–H groups in total. The summed E-state index contributed by atoms with van der Waals surface area (Å²) in [6.45, 7) is 5.26. The number of hydrogen-bond donors (Lipinski definition) is 1. The first-order valence-electron chi connectivity index (χ1n) is 6.93. The van der Waals surface area contributed by atoms with E-state index in [1.807, 2.05) is 12.1 Å². The predicted octanol–water partition coefficient (Wildman–Crippen LogP) is 4.56. The van der Waals surface area contributed by atoms with Crippen molar-refractivity contribution in [2.45, 2.75) is 33.0 Å². The first-order valence-corrected chi connectivity index (χ1v) is 7.31. The van der Waals surface area contributed by atoms with Crippen LogP contribution in [0.3, 0.4) is 0 Å². The quantitative estimate of drug-likeness (QED) is 0.845. The van der Waals surface area contributed by atoms with E-state index < -0.39 is 0 Å². The Hall–Kier alpha value is -1.58. The van der Waals surface area contributed by atoms with E-state index in [0.717, 1.165) is 16.9 Å². The average molecular weight is 308 g/mol. The topological polar surface area (TPSA) is 21.3 Å². The van der Waals surface area contributed by atoms with Crippen molar-refractivity contribution in [2.24, 2.45) is 0 Å². The molecule has 4 heteroatoms. The highest BCUT2D eigenvalue weighted by molar-refractivity contribution is 6.30. The molecule has 0 aromatic heterocycles. The number of nitrogens with one attached hydrogen (secondary N) is 1. The van der Waals surface area contributed by atoms with Crippen LogP contribution in [0.15, 0.2) is 42.5 Å². The van der Waals surface area contributed by atoms with Crippen molar-refractivity contribution in [2.75, 3.05) is 0 Å². The van der Waals surface area contributed by atoms with Crippen LogP contribution >= 0.6 is 11.6 Å². The fourth-order valence-corrected chi connectivity index (χ4v) is 2.08. The Morgan fingerprint density at radius 3 is 2.52 bits per heavy atom. The molecule has 2 rings (SSSR count). The summed E-state index contributed by atoms with van der Waals surface area (Å²) < 4.78 is 18.7. The van der Waals surface area contributed by atoms with E-state index in [0.29, 0.717) is 24.2 Å². The summed E-state index contributed by atoms with van der Waals surface area (Å²) >= 11 is 6.04. The third-order valence-electron chi connectivity index (χ3n) is 3.03. The van der Waals surface area contributed by atoms with Crippen molar-refractivity contribution in [3.05, 3.63) is 64.4 Å². The summed E-state index contributed by atoms with van der Waals surface area (Å²) in [4.78, 5) is 0. The predicted molar refractivity (Wildman–Crippen MR) is 84.2 cm³/mol. The van der Waals surface area contributed by atoms with Gasteiger partial charge in [-0.1, -0.05) is 37.6 Å². The third kappa shape index (κ3) is 5.03. The number of rotatable bonds is 6. The van der Waals surface area contributed by atoms with Gasteiger partial charge in [0, 0.05) is 23.2 Å². The molecule has 0 unspecified atom stereocenters. The van der Waals surface area contributed by atoms with Gasteiger partial charge in [0.15, 0.2) is 0 Å². The van der Waals surface area contributed by atoms with E-state index >= 15 is 0 Å². The van der Waals surface area contributed by atoms with Crippen molar-refractivity contribution in [3.63, 3.8) is 0 Å². The maximum atomic E-state index is 12.9. The molecule has 112 valence electrons. The van der Waals surface area contributed by atoms with Crippen molar-refractivity contribution >= 4 is 11.6 Å². The van der Waals surface area contributed by atoms with Gasteiger partial charge >= 0.3 is 0 Å². The Labute approximate surface area is 129 Å². The van der Waals surface area contributed by atoms with Crippen molar-refractivity contribution < 1.29 is 9.13 Å². The molecular weight excluding hydrogens is 289 g/mol. The van der Waals surface area contributed by atoms with Crippen LogP contribution in [0, 0.1) is 5.82 Å². The first-order chi connectivity index (χ1) is 10.0. The zero-order valence-electron chi connectivity index (χ0n) is 12.2. The number of hydrogen-bond acceptors (Lipinski definition) is 2. The zero-order valence-corrected chi connectivity index (χ0v) is 13.0. The Kier molecular flexibility index (Phi) is 5.59. The van der Waals surface area contributed by atoms with Gasteiger partial charge in [-0.2, -0.15) is 0 Å². The normalized spacial score (nSPS) is 10.9. The maximum absolute atomic E-state index is 12.9. The van der Waals surface area contributed by atoms with E-state index in [1.165, 1.54) is 12.1 Å². The van der Waals surface area contributed by atoms with Gasteiger partial charge in [0.1, 0.15) is 18.2 Å². The summed E-state index contributed by atoms with van der Waals surface area (Å²) in [5, 5.41) is 4.03. The van der Waals surface area contributed by atoms with Gasteiger partial charge in [-0.15, -0.1) is 0 Å². The highest BCUT2D eigenvalue weighted by Crippen LogP contribution is 2.24. The molecule has 0 aliphatic heterocycles. The van der Waals surface area contributed by atoms with Gasteiger partial charge in [0.2, 0.25) is 0 Å². The van der Waals surface area contributed by atoms with Crippen molar-refractivity contribution in [3.8, 4) is 5.75 Å². The molecule has 0 saturated carbocycles. The van der Waals surface area contributed by atoms with E-state index in [2.05, 4.69) is 19.2 Å². The van der Waals surface area contributed by atoms with Crippen LogP contribution < -0.4 is 10.1 Å². The molecular formula is C17H19ClFNO. The summed E-state index contributed by atoms with van der Waals surface area (Å²) in [5.74, 6) is 0.545. The molecule has 21 heavy (non-hydrogen) atoms. The van der Waals surface area contributed by atoms with Crippen LogP contribution in [-0.2, 0) is 13.2 Å². The summed E-state index contributed by atoms with van der Waals surface area (Å²) in [6, 6.07) is 12.3. The highest BCUT2D eigenvalue weighted by atomic mass is 35.5. The molecule has 2 aromatic carbocycles. The van der Waals surface area contributed by atoms with Gasteiger partial charge in [-0.25, -0.2) is 4.39 Å². The molecule has 0 aliphatic carbocycles. The minimum Gasteiger partial charge on any atom is -0.489 e. The number of halogens is 2. The van der Waals surface area contributed by atoms with Gasteiger partial charge in [0.25, 0.3) is 0 Å². The zero-order chi connectivity index (χ0) is 15.2. The minimum absolute atomic E-state index is 0.243. The molecule has 0 aliphatic rings. The second-order valence-electron chi connectivity index (χ2n) is 5.20. The van der Waals surface area contributed by atoms with Crippen LogP contribution in [0.25, 0.3) is 0 Å². The summed E-state index contributed by atoms with van der Waals surface area (Å²) in [7, 11) is 0. The molecule has 0 heterocycles. The van der Waals surface area contributed by atoms with E-state index in [-0.39, 0.29) is 5.82 Å². The highest BCUT2D eigenvalue weighted by Gasteiger charge is 2.06. The fraction of sp³-hybridized carbons (Fsp3) is 0.294. The third-order valence-corrected chi connectivity index (χ3v) is 3.27. The smallest absolute Gasteiger partial charge is 0.124 e. The maximum Gasteiger partial charge on any atom is 0.124 e. The lowest BCUT2D eigenvalue weighted by molar-refractivity contribution is 0.301. The minimum atomic E-state index is -0.243. The molecule has 0 spiro atoms. The molecule has 0 radical (unpaired) electrons. The van der Waals surface area contributed by atoms with E-state index in [9.17, 15) is 4.39 Å². The number of ether oxygens (including phenoxy) is 1. The first kappa shape index (κ1) is 15.8. The molecule has 2 aromatic rings. The van der Waals surface area contributed by atoms with Gasteiger partial charge in [-0.05, 0) is 35.9 Å². The monoisotopic (exact) mass is 307 g/mol. The van der Waals surface area contributed by atoms with Crippen LogP contribution in [0.5, 0.6) is 5.75 Å². The SMILES string of the molecule is CC(C)NCc1cc(Cl)ccc1OCc1ccc(F)cc1. The fourth-order valence-electron chi connectivity index (χ4n) is 1.88. The lowest BCUT2D eigenvalue weighted by Crippen LogP contribution is -2.22. The molecule has 0 fully saturated rings. The molecule has 0 saturated heterocycles. The van der Waals surface area contributed by atoms with Crippen molar-refractivity contribution in [1.29, 1.82) is 0 Å². The Morgan fingerprint density at radius 2 is 1.86 bits per heavy atom.